The molecule has 0 N–H and O–H groups in total. The number of likely N-dealkylation sites (N-methyl/N-ethyl adjacent to an activating group) is 2. The summed E-state index contributed by atoms with van der Waals surface area (Å²) in [6, 6.07) is 18.1. The van der Waals surface area contributed by atoms with Gasteiger partial charge in [-0.2, -0.15) is 0 Å². The monoisotopic (exact) mass is 443 g/mol. The van der Waals surface area contributed by atoms with Gasteiger partial charge in [-0.15, -0.1) is 0 Å². The van der Waals surface area contributed by atoms with Crippen LogP contribution in [-0.2, 0) is 10.2 Å². The van der Waals surface area contributed by atoms with Gasteiger partial charge in [-0.25, -0.2) is 4.79 Å². The highest BCUT2D eigenvalue weighted by molar-refractivity contribution is 6.08. The average Bonchev–Trinajstić information content (AvgIpc) is 3.20. The summed E-state index contributed by atoms with van der Waals surface area (Å²) in [5, 5.41) is 0. The smallest absolute Gasteiger partial charge is 0.321 e. The number of fused-ring (bicyclic) bond motifs is 3. The molecule has 0 aromatic heterocycles. The van der Waals surface area contributed by atoms with Crippen LogP contribution in [0.4, 0.5) is 10.5 Å². The number of rotatable bonds is 4. The Kier molecular flexibility index (Phi) is 5.11. The molecule has 1 aliphatic carbocycles. The Morgan fingerprint density at radius 3 is 2.30 bits per heavy atom. The number of urea groups is 1. The largest absolute Gasteiger partial charge is 0.368 e. The molecule has 0 saturated carbocycles. The van der Waals surface area contributed by atoms with Gasteiger partial charge in [-0.05, 0) is 43.0 Å². The molecule has 2 aliphatic heterocycles. The summed E-state index contributed by atoms with van der Waals surface area (Å²) in [6.45, 7) is 6.31. The van der Waals surface area contributed by atoms with E-state index in [2.05, 4.69) is 63.1 Å². The quantitative estimate of drug-likeness (QED) is 0.672. The molecule has 5 nitrogen and oxygen atoms in total. The maximum Gasteiger partial charge on any atom is 0.321 e. The lowest BCUT2D eigenvalue weighted by atomic mass is 9.65. The fraction of sp³-hybridized carbons (Fsp3) is 0.429. The molecule has 2 unspecified atom stereocenters. The molecule has 1 saturated heterocycles. The zero-order valence-corrected chi connectivity index (χ0v) is 20.2. The Morgan fingerprint density at radius 2 is 1.61 bits per heavy atom. The summed E-state index contributed by atoms with van der Waals surface area (Å²) in [4.78, 5) is 33.8. The number of amides is 2. The number of anilines is 1. The molecular weight excluding hydrogens is 410 g/mol. The first-order valence-electron chi connectivity index (χ1n) is 12.0. The van der Waals surface area contributed by atoms with E-state index in [-0.39, 0.29) is 36.0 Å². The molecule has 2 aromatic rings. The second kappa shape index (κ2) is 7.75. The first-order valence-corrected chi connectivity index (χ1v) is 12.0. The van der Waals surface area contributed by atoms with Crippen molar-refractivity contribution >= 4 is 17.5 Å². The van der Waals surface area contributed by atoms with Crippen LogP contribution in [0.15, 0.2) is 66.2 Å². The molecule has 172 valence electrons. The van der Waals surface area contributed by atoms with Crippen molar-refractivity contribution in [1.82, 2.24) is 9.80 Å². The Labute approximate surface area is 196 Å². The van der Waals surface area contributed by atoms with Crippen molar-refractivity contribution in [3.05, 3.63) is 77.4 Å². The Balaban J connectivity index is 1.71. The minimum Gasteiger partial charge on any atom is -0.368 e. The molecule has 0 spiro atoms. The van der Waals surface area contributed by atoms with Crippen molar-refractivity contribution in [2.75, 3.05) is 19.0 Å². The Morgan fingerprint density at radius 1 is 0.939 bits per heavy atom. The van der Waals surface area contributed by atoms with Crippen molar-refractivity contribution in [3.8, 4) is 0 Å². The van der Waals surface area contributed by atoms with Gasteiger partial charge in [0.05, 0.1) is 29.6 Å². The minimum atomic E-state index is -0.693. The molecule has 2 amide bonds. The van der Waals surface area contributed by atoms with Gasteiger partial charge >= 0.3 is 6.03 Å². The molecule has 0 radical (unpaired) electrons. The van der Waals surface area contributed by atoms with Gasteiger partial charge in [-0.3, -0.25) is 4.79 Å². The normalized spacial score (nSPS) is 31.1. The van der Waals surface area contributed by atoms with Crippen LogP contribution in [0.2, 0.25) is 0 Å². The third kappa shape index (κ3) is 2.91. The Hall–Kier alpha value is -3.08. The van der Waals surface area contributed by atoms with E-state index in [9.17, 15) is 9.59 Å². The number of hydrogen-bond donors (Lipinski definition) is 0. The van der Waals surface area contributed by atoms with Crippen molar-refractivity contribution in [1.29, 1.82) is 0 Å². The van der Waals surface area contributed by atoms with Crippen molar-refractivity contribution in [2.24, 2.45) is 0 Å². The predicted molar refractivity (Wildman–Crippen MR) is 131 cm³/mol. The third-order valence-electron chi connectivity index (χ3n) is 8.18. The van der Waals surface area contributed by atoms with Crippen LogP contribution in [0, 0.1) is 0 Å². The van der Waals surface area contributed by atoms with E-state index in [4.69, 9.17) is 0 Å². The molecular formula is C28H33N3O2. The highest BCUT2D eigenvalue weighted by Gasteiger charge is 2.60. The van der Waals surface area contributed by atoms with E-state index in [1.54, 1.807) is 0 Å². The Bertz CT molecular complexity index is 1130. The zero-order chi connectivity index (χ0) is 23.5. The topological polar surface area (TPSA) is 43.9 Å². The number of carbonyl (C=O) groups excluding carboxylic acids is 2. The first kappa shape index (κ1) is 21.7. The highest BCUT2D eigenvalue weighted by atomic mass is 16.2. The van der Waals surface area contributed by atoms with Crippen LogP contribution in [0.1, 0.15) is 50.8 Å². The van der Waals surface area contributed by atoms with Crippen molar-refractivity contribution < 1.29 is 9.59 Å². The van der Waals surface area contributed by atoms with Gasteiger partial charge in [0.25, 0.3) is 0 Å². The van der Waals surface area contributed by atoms with E-state index in [1.807, 2.05) is 47.2 Å². The van der Waals surface area contributed by atoms with Gasteiger partial charge in [0.1, 0.15) is 0 Å². The van der Waals surface area contributed by atoms with Crippen LogP contribution in [0.25, 0.3) is 0 Å². The van der Waals surface area contributed by atoms with Gasteiger partial charge < -0.3 is 14.7 Å². The van der Waals surface area contributed by atoms with E-state index < -0.39 is 5.41 Å². The van der Waals surface area contributed by atoms with Gasteiger partial charge in [0, 0.05) is 19.8 Å². The summed E-state index contributed by atoms with van der Waals surface area (Å²) < 4.78 is 0. The van der Waals surface area contributed by atoms with E-state index in [0.717, 1.165) is 35.2 Å². The summed E-state index contributed by atoms with van der Waals surface area (Å²) in [7, 11) is 3.96. The molecule has 5 atom stereocenters. The fourth-order valence-corrected chi connectivity index (χ4v) is 6.47. The maximum absolute atomic E-state index is 13.9. The number of nitrogens with zero attached hydrogens (tertiary/aromatic N) is 3. The van der Waals surface area contributed by atoms with Crippen molar-refractivity contribution in [2.45, 2.75) is 63.2 Å². The van der Waals surface area contributed by atoms with Crippen LogP contribution in [-0.4, -0.2) is 53.8 Å². The second-order valence-corrected chi connectivity index (χ2v) is 9.93. The second-order valence-electron chi connectivity index (χ2n) is 9.93. The number of para-hydroxylation sites is 1. The van der Waals surface area contributed by atoms with Crippen LogP contribution >= 0.6 is 0 Å². The lowest BCUT2D eigenvalue weighted by Gasteiger charge is -2.47. The molecule has 33 heavy (non-hydrogen) atoms. The third-order valence-corrected chi connectivity index (χ3v) is 8.18. The van der Waals surface area contributed by atoms with Crippen LogP contribution in [0.3, 0.4) is 0 Å². The van der Waals surface area contributed by atoms with Crippen molar-refractivity contribution in [3.63, 3.8) is 0 Å². The van der Waals surface area contributed by atoms with Gasteiger partial charge in [0.15, 0.2) is 5.78 Å². The highest BCUT2D eigenvalue weighted by Crippen LogP contribution is 2.52. The SMILES string of the molecule is CCCC1=CC(N2C(=O)N(C)[C@@H](C)[C@H]2c2ccccc2)C2N(C)c3ccccc3[C@@]2(C)C1=O. The van der Waals surface area contributed by atoms with Gasteiger partial charge in [0.2, 0.25) is 0 Å². The molecule has 3 aliphatic rings. The van der Waals surface area contributed by atoms with E-state index in [1.165, 1.54) is 0 Å². The van der Waals surface area contributed by atoms with E-state index in [0.29, 0.717) is 0 Å². The minimum absolute atomic E-state index is 0.0227. The number of hydrogen-bond acceptors (Lipinski definition) is 3. The number of carbonyl (C=O) groups is 2. The standard InChI is InChI=1S/C28H33N3O2/c1-6-12-20-17-23(25-28(3,26(20)32)21-15-10-11-16-22(21)30(25)5)31-24(18(2)29(4)27(31)33)19-13-8-7-9-14-19/h7-11,13-18,23-25H,6,12H2,1-5H3/t18-,23?,24-,25?,28+/m0/s1. The number of allylic oxidation sites excluding steroid dienone is 1. The summed E-state index contributed by atoms with van der Waals surface area (Å²) in [5.74, 6) is 0.201. The molecule has 2 heterocycles. The lowest BCUT2D eigenvalue weighted by Crippen LogP contribution is -2.61. The molecule has 1 fully saturated rings. The molecule has 5 heteroatoms. The first-order chi connectivity index (χ1) is 15.8. The van der Waals surface area contributed by atoms with Gasteiger partial charge in [-0.1, -0.05) is 68.0 Å². The number of Topliss-reactive ketones (excluding diaryl/α,β-unsaturated/α-hetero) is 1. The fourth-order valence-electron chi connectivity index (χ4n) is 6.47. The number of benzene rings is 2. The summed E-state index contributed by atoms with van der Waals surface area (Å²) >= 11 is 0. The summed E-state index contributed by atoms with van der Waals surface area (Å²) in [6.07, 6.45) is 3.74. The number of ketones is 1. The van der Waals surface area contributed by atoms with Crippen LogP contribution in [0.5, 0.6) is 0 Å². The molecule has 5 rings (SSSR count). The molecule has 2 aromatic carbocycles. The van der Waals surface area contributed by atoms with E-state index >= 15 is 0 Å². The lowest BCUT2D eigenvalue weighted by molar-refractivity contribution is -0.122. The predicted octanol–water partition coefficient (Wildman–Crippen LogP) is 4.94. The van der Waals surface area contributed by atoms with Crippen LogP contribution < -0.4 is 4.90 Å². The summed E-state index contributed by atoms with van der Waals surface area (Å²) in [5.41, 5.74) is 3.44. The zero-order valence-electron chi connectivity index (χ0n) is 20.2. The average molecular weight is 444 g/mol. The molecule has 0 bridgehead atoms. The maximum atomic E-state index is 13.9.